The van der Waals surface area contributed by atoms with Crippen LogP contribution in [0.2, 0.25) is 0 Å². The summed E-state index contributed by atoms with van der Waals surface area (Å²) in [5.41, 5.74) is 0.763. The van der Waals surface area contributed by atoms with Crippen LogP contribution in [0.5, 0.6) is 0 Å². The summed E-state index contributed by atoms with van der Waals surface area (Å²) in [6.07, 6.45) is 0.622. The maximum absolute atomic E-state index is 14.4. The zero-order valence-corrected chi connectivity index (χ0v) is 19.1. The van der Waals surface area contributed by atoms with Gasteiger partial charge >= 0.3 is 5.97 Å². The number of nitrogens with one attached hydrogen (secondary N) is 2. The quantitative estimate of drug-likeness (QED) is 0.468. The van der Waals surface area contributed by atoms with Gasteiger partial charge in [0.1, 0.15) is 12.5 Å². The van der Waals surface area contributed by atoms with Crippen LogP contribution < -0.4 is 15.8 Å². The molecule has 0 bridgehead atoms. The van der Waals surface area contributed by atoms with E-state index < -0.39 is 46.2 Å². The van der Waals surface area contributed by atoms with E-state index in [1.54, 1.807) is 25.1 Å². The summed E-state index contributed by atoms with van der Waals surface area (Å²) in [7, 11) is -2.77. The van der Waals surface area contributed by atoms with Crippen molar-refractivity contribution in [3.8, 4) is 6.07 Å². The van der Waals surface area contributed by atoms with Crippen LogP contribution in [0, 0.1) is 24.1 Å². The Balaban J connectivity index is 1.80. The van der Waals surface area contributed by atoms with Gasteiger partial charge in [0.2, 0.25) is 21.9 Å². The fourth-order valence-corrected chi connectivity index (χ4v) is 4.39. The van der Waals surface area contributed by atoms with Gasteiger partial charge in [0, 0.05) is 24.7 Å². The SMILES string of the molecule is COC(=O)[C@@H]1C[C@H](Nc2nc(Nc3ccc(C)c(S(N)(=O)=O)c3)ncc2F)CN1C(=O)CC#N. The highest BCUT2D eigenvalue weighted by Gasteiger charge is 2.40. The molecular formula is C20H22FN7O5S. The zero-order valence-electron chi connectivity index (χ0n) is 18.3. The summed E-state index contributed by atoms with van der Waals surface area (Å²) >= 11 is 0. The number of anilines is 3. The number of aromatic nitrogens is 2. The summed E-state index contributed by atoms with van der Waals surface area (Å²) in [5.74, 6) is -2.20. The smallest absolute Gasteiger partial charge is 0.328 e. The predicted octanol–water partition coefficient (Wildman–Crippen LogP) is 0.783. The Bertz CT molecular complexity index is 1260. The molecule has 34 heavy (non-hydrogen) atoms. The van der Waals surface area contributed by atoms with Crippen molar-refractivity contribution in [3.63, 3.8) is 0 Å². The molecule has 1 aromatic heterocycles. The first kappa shape index (κ1) is 24.8. The number of rotatable bonds is 7. The number of aryl methyl sites for hydroxylation is 1. The number of benzene rings is 1. The van der Waals surface area contributed by atoms with Crippen LogP contribution in [0.3, 0.4) is 0 Å². The topological polar surface area (TPSA) is 180 Å². The van der Waals surface area contributed by atoms with Crippen molar-refractivity contribution in [1.29, 1.82) is 5.26 Å². The highest BCUT2D eigenvalue weighted by molar-refractivity contribution is 7.89. The minimum atomic E-state index is -3.95. The number of nitrogens with two attached hydrogens (primary N) is 1. The summed E-state index contributed by atoms with van der Waals surface area (Å²) in [6.45, 7) is 1.62. The van der Waals surface area contributed by atoms with E-state index in [0.717, 1.165) is 6.20 Å². The molecule has 0 unspecified atom stereocenters. The number of hydrogen-bond donors (Lipinski definition) is 3. The Kier molecular flexibility index (Phi) is 7.28. The Morgan fingerprint density at radius 2 is 2.15 bits per heavy atom. The average molecular weight is 492 g/mol. The average Bonchev–Trinajstić information content (AvgIpc) is 3.20. The van der Waals surface area contributed by atoms with Gasteiger partial charge < -0.3 is 20.3 Å². The van der Waals surface area contributed by atoms with E-state index >= 15 is 0 Å². The second-order valence-electron chi connectivity index (χ2n) is 7.54. The normalized spacial score (nSPS) is 17.7. The van der Waals surface area contributed by atoms with Crippen LogP contribution >= 0.6 is 0 Å². The highest BCUT2D eigenvalue weighted by Crippen LogP contribution is 2.25. The molecule has 1 aromatic carbocycles. The minimum Gasteiger partial charge on any atom is -0.467 e. The number of ether oxygens (including phenoxy) is 1. The zero-order chi connectivity index (χ0) is 25.0. The molecule has 1 fully saturated rings. The summed E-state index contributed by atoms with van der Waals surface area (Å²) in [6, 6.07) is 4.70. The number of likely N-dealkylation sites (tertiary alicyclic amines) is 1. The van der Waals surface area contributed by atoms with Crippen molar-refractivity contribution in [1.82, 2.24) is 14.9 Å². The Hall–Kier alpha value is -3.83. The van der Waals surface area contributed by atoms with Gasteiger partial charge in [-0.3, -0.25) is 4.79 Å². The molecule has 3 rings (SSSR count). The fraction of sp³-hybridized carbons (Fsp3) is 0.350. The number of esters is 1. The van der Waals surface area contributed by atoms with Gasteiger partial charge in [0.25, 0.3) is 0 Å². The fourth-order valence-electron chi connectivity index (χ4n) is 3.58. The van der Waals surface area contributed by atoms with E-state index in [-0.39, 0.29) is 29.6 Å². The number of primary sulfonamides is 1. The molecule has 1 saturated heterocycles. The number of carbonyl (C=O) groups is 2. The number of sulfonamides is 1. The Labute approximate surface area is 195 Å². The van der Waals surface area contributed by atoms with Crippen LogP contribution in [0.15, 0.2) is 29.3 Å². The van der Waals surface area contributed by atoms with E-state index in [0.29, 0.717) is 11.3 Å². The van der Waals surface area contributed by atoms with E-state index in [2.05, 4.69) is 20.6 Å². The molecule has 4 N–H and O–H groups in total. The van der Waals surface area contributed by atoms with Gasteiger partial charge in [-0.25, -0.2) is 27.7 Å². The molecule has 180 valence electrons. The van der Waals surface area contributed by atoms with Crippen molar-refractivity contribution >= 4 is 39.4 Å². The lowest BCUT2D eigenvalue weighted by Gasteiger charge is -2.21. The first-order valence-electron chi connectivity index (χ1n) is 9.97. The van der Waals surface area contributed by atoms with E-state index in [9.17, 15) is 22.4 Å². The number of amides is 1. The van der Waals surface area contributed by atoms with Crippen LogP contribution in [0.4, 0.5) is 21.8 Å². The molecule has 0 saturated carbocycles. The second-order valence-corrected chi connectivity index (χ2v) is 9.07. The molecule has 0 aliphatic carbocycles. The Morgan fingerprint density at radius 1 is 1.41 bits per heavy atom. The van der Waals surface area contributed by atoms with Crippen LogP contribution in [-0.2, 0) is 24.3 Å². The van der Waals surface area contributed by atoms with Crippen LogP contribution in [0.1, 0.15) is 18.4 Å². The molecule has 14 heteroatoms. The number of carbonyl (C=O) groups excluding carboxylic acids is 2. The monoisotopic (exact) mass is 491 g/mol. The lowest BCUT2D eigenvalue weighted by molar-refractivity contribution is -0.150. The first-order valence-corrected chi connectivity index (χ1v) is 11.5. The van der Waals surface area contributed by atoms with Crippen molar-refractivity contribution in [2.45, 2.75) is 36.7 Å². The molecule has 12 nitrogen and oxygen atoms in total. The van der Waals surface area contributed by atoms with E-state index in [1.165, 1.54) is 18.1 Å². The van der Waals surface area contributed by atoms with E-state index in [1.807, 2.05) is 0 Å². The number of methoxy groups -OCH3 is 1. The third kappa shape index (κ3) is 5.56. The standard InChI is InChI=1S/C20H22FN7O5S/c1-11-3-4-12(8-16(11)34(23,31)32)26-20-24-9-14(21)18(27-20)25-13-7-15(19(30)33-2)28(10-13)17(29)5-6-22/h3-4,8-9,13,15H,5,7,10H2,1-2H3,(H2,23,31,32)(H2,24,25,26,27)/t13-,15-/m0/s1. The maximum Gasteiger partial charge on any atom is 0.328 e. The third-order valence-corrected chi connectivity index (χ3v) is 6.21. The van der Waals surface area contributed by atoms with Crippen molar-refractivity contribution < 1.29 is 27.1 Å². The van der Waals surface area contributed by atoms with Gasteiger partial charge in [-0.2, -0.15) is 10.2 Å². The molecule has 2 heterocycles. The summed E-state index contributed by atoms with van der Waals surface area (Å²) in [4.78, 5) is 33.4. The summed E-state index contributed by atoms with van der Waals surface area (Å²) < 4.78 is 42.6. The van der Waals surface area contributed by atoms with Crippen LogP contribution in [0.25, 0.3) is 0 Å². The lowest BCUT2D eigenvalue weighted by atomic mass is 10.1. The number of hydrogen-bond acceptors (Lipinski definition) is 10. The molecule has 0 spiro atoms. The molecule has 1 amide bonds. The van der Waals surface area contributed by atoms with Crippen molar-refractivity contribution in [3.05, 3.63) is 35.8 Å². The third-order valence-electron chi connectivity index (χ3n) is 5.16. The Morgan fingerprint density at radius 3 is 2.79 bits per heavy atom. The molecular weight excluding hydrogens is 469 g/mol. The lowest BCUT2D eigenvalue weighted by Crippen LogP contribution is -2.41. The highest BCUT2D eigenvalue weighted by atomic mass is 32.2. The largest absolute Gasteiger partial charge is 0.467 e. The van der Waals surface area contributed by atoms with Gasteiger partial charge in [-0.15, -0.1) is 0 Å². The van der Waals surface area contributed by atoms with Crippen molar-refractivity contribution in [2.75, 3.05) is 24.3 Å². The number of halogens is 1. The minimum absolute atomic E-state index is 0.0299. The molecule has 2 atom stereocenters. The second kappa shape index (κ2) is 9.98. The molecule has 1 aliphatic rings. The first-order chi connectivity index (χ1) is 16.0. The molecule has 0 radical (unpaired) electrons. The summed E-state index contributed by atoms with van der Waals surface area (Å²) in [5, 5.41) is 19.7. The van der Waals surface area contributed by atoms with Crippen molar-refractivity contribution in [2.24, 2.45) is 5.14 Å². The number of nitriles is 1. The van der Waals surface area contributed by atoms with Gasteiger partial charge in [0.05, 0.1) is 24.3 Å². The van der Waals surface area contributed by atoms with Gasteiger partial charge in [-0.05, 0) is 24.6 Å². The van der Waals surface area contributed by atoms with Gasteiger partial charge in [0.15, 0.2) is 11.6 Å². The molecule has 2 aromatic rings. The molecule has 1 aliphatic heterocycles. The van der Waals surface area contributed by atoms with Gasteiger partial charge in [-0.1, -0.05) is 6.07 Å². The maximum atomic E-state index is 14.4. The van der Waals surface area contributed by atoms with E-state index in [4.69, 9.17) is 15.1 Å². The number of nitrogens with zero attached hydrogens (tertiary/aromatic N) is 4. The van der Waals surface area contributed by atoms with Crippen LogP contribution in [-0.4, -0.2) is 60.9 Å². The predicted molar refractivity (Wildman–Crippen MR) is 118 cm³/mol.